The normalized spacial score (nSPS) is 16.6. The summed E-state index contributed by atoms with van der Waals surface area (Å²) in [4.78, 5) is 12.3. The quantitative estimate of drug-likeness (QED) is 0.539. The largest absolute Gasteiger partial charge is 0.346 e. The van der Waals surface area contributed by atoms with E-state index in [1.165, 1.54) is 18.3 Å². The first kappa shape index (κ1) is 21.2. The molecule has 1 fully saturated rings. The zero-order valence-corrected chi connectivity index (χ0v) is 16.7. The van der Waals surface area contributed by atoms with Gasteiger partial charge in [-0.3, -0.25) is 9.89 Å². The van der Waals surface area contributed by atoms with E-state index < -0.39 is 20.5 Å². The van der Waals surface area contributed by atoms with E-state index in [9.17, 15) is 22.0 Å². The van der Waals surface area contributed by atoms with Crippen LogP contribution in [0.4, 0.5) is 20.3 Å². The summed E-state index contributed by atoms with van der Waals surface area (Å²) < 4.78 is 48.3. The van der Waals surface area contributed by atoms with Gasteiger partial charge in [-0.1, -0.05) is 6.92 Å². The average molecular weight is 427 g/mol. The molecule has 0 bridgehead atoms. The van der Waals surface area contributed by atoms with Crippen molar-refractivity contribution in [2.45, 2.75) is 42.4 Å². The van der Waals surface area contributed by atoms with Crippen molar-refractivity contribution in [3.05, 3.63) is 36.0 Å². The molecule has 1 aromatic carbocycles. The second-order valence-electron chi connectivity index (χ2n) is 6.95. The van der Waals surface area contributed by atoms with Crippen LogP contribution in [-0.2, 0) is 9.84 Å². The number of halogens is 2. The van der Waals surface area contributed by atoms with Gasteiger partial charge in [-0.05, 0) is 56.6 Å². The number of nitrogens with one attached hydrogen (secondary N) is 4. The van der Waals surface area contributed by atoms with Gasteiger partial charge in [0.1, 0.15) is 11.4 Å². The summed E-state index contributed by atoms with van der Waals surface area (Å²) in [5.41, 5.74) is 0.450. The van der Waals surface area contributed by atoms with E-state index in [0.29, 0.717) is 17.1 Å². The number of benzene rings is 1. The number of aromatic nitrogens is 2. The van der Waals surface area contributed by atoms with Crippen LogP contribution in [-0.4, -0.2) is 48.9 Å². The van der Waals surface area contributed by atoms with Crippen molar-refractivity contribution >= 4 is 27.2 Å². The van der Waals surface area contributed by atoms with Crippen LogP contribution >= 0.6 is 0 Å². The number of sulfone groups is 1. The average Bonchev–Trinajstić information content (AvgIpc) is 3.17. The Labute approximate surface area is 167 Å². The van der Waals surface area contributed by atoms with Gasteiger partial charge in [0, 0.05) is 11.2 Å². The fourth-order valence-electron chi connectivity index (χ4n) is 3.31. The summed E-state index contributed by atoms with van der Waals surface area (Å²) in [6, 6.07) is 4.86. The number of H-pyrrole nitrogens is 1. The molecule has 2 aromatic rings. The molecule has 1 amide bonds. The summed E-state index contributed by atoms with van der Waals surface area (Å²) in [6.07, 6.45) is 3.87. The molecule has 0 saturated carbocycles. The van der Waals surface area contributed by atoms with Crippen LogP contribution in [0.2, 0.25) is 0 Å². The molecule has 0 atom stereocenters. The second-order valence-corrected chi connectivity index (χ2v) is 8.87. The summed E-state index contributed by atoms with van der Waals surface area (Å²) in [5.74, 6) is -3.43. The van der Waals surface area contributed by atoms with Crippen molar-refractivity contribution in [2.75, 3.05) is 18.4 Å². The topological polar surface area (TPSA) is 116 Å². The summed E-state index contributed by atoms with van der Waals surface area (Å²) >= 11 is 0. The van der Waals surface area contributed by atoms with E-state index >= 15 is 0 Å². The van der Waals surface area contributed by atoms with Crippen LogP contribution in [0.3, 0.4) is 0 Å². The molecule has 0 unspecified atom stereocenters. The Bertz CT molecular complexity index is 954. The highest BCUT2D eigenvalue weighted by atomic mass is 32.2. The Balaban J connectivity index is 1.74. The fraction of sp³-hybridized carbons (Fsp3) is 0.444. The molecule has 11 heteroatoms. The number of carbonyl (C=O) groups is 1. The second kappa shape index (κ2) is 8.46. The number of piperidine rings is 1. The number of hydrogen-bond acceptors (Lipinski definition) is 6. The number of hydrogen-bond donors (Lipinski definition) is 4. The first-order valence-electron chi connectivity index (χ1n) is 9.23. The Kier molecular flexibility index (Phi) is 6.18. The molecule has 8 nitrogen and oxygen atoms in total. The molecular weight excluding hydrogens is 404 g/mol. The fourth-order valence-corrected chi connectivity index (χ4v) is 4.03. The number of nitrogens with zero attached hydrogens (tertiary/aromatic N) is 1. The molecule has 1 aliphatic heterocycles. The predicted molar refractivity (Wildman–Crippen MR) is 104 cm³/mol. The molecule has 1 aromatic heterocycles. The van der Waals surface area contributed by atoms with Gasteiger partial charge < -0.3 is 16.0 Å². The standard InChI is InChI=1S/C18H23F2N5O3S/c1-2-18(7-9-21-10-8-18)24-16(26)14-11-22-25-15(14)23-12-3-5-13(6-4-12)29(27,28)17(19)20/h3-6,11,17,21H,2,7-10H2,1H3,(H,24,26)(H2,22,23,25). The number of carbonyl (C=O) groups excluding carboxylic acids is 1. The molecule has 0 aliphatic carbocycles. The zero-order valence-electron chi connectivity index (χ0n) is 15.8. The Hall–Kier alpha value is -2.53. The lowest BCUT2D eigenvalue weighted by atomic mass is 9.85. The third kappa shape index (κ3) is 4.56. The zero-order chi connectivity index (χ0) is 21.1. The monoisotopic (exact) mass is 427 g/mol. The highest BCUT2D eigenvalue weighted by Crippen LogP contribution is 2.26. The van der Waals surface area contributed by atoms with Crippen molar-refractivity contribution in [2.24, 2.45) is 0 Å². The first-order valence-corrected chi connectivity index (χ1v) is 10.8. The molecule has 0 radical (unpaired) electrons. The molecule has 29 heavy (non-hydrogen) atoms. The molecule has 0 spiro atoms. The van der Waals surface area contributed by atoms with Gasteiger partial charge in [-0.15, -0.1) is 0 Å². The van der Waals surface area contributed by atoms with Crippen molar-refractivity contribution in [1.82, 2.24) is 20.8 Å². The molecule has 3 rings (SSSR count). The third-order valence-corrected chi connectivity index (χ3v) is 6.59. The lowest BCUT2D eigenvalue weighted by molar-refractivity contribution is 0.0871. The highest BCUT2D eigenvalue weighted by Gasteiger charge is 2.33. The van der Waals surface area contributed by atoms with Gasteiger partial charge in [0.05, 0.1) is 11.1 Å². The van der Waals surface area contributed by atoms with Gasteiger partial charge in [-0.25, -0.2) is 8.42 Å². The molecule has 2 heterocycles. The molecule has 158 valence electrons. The van der Waals surface area contributed by atoms with Crippen LogP contribution in [0.15, 0.2) is 35.4 Å². The Morgan fingerprint density at radius 2 is 1.90 bits per heavy atom. The summed E-state index contributed by atoms with van der Waals surface area (Å²) in [7, 11) is -4.65. The predicted octanol–water partition coefficient (Wildman–Crippen LogP) is 2.41. The van der Waals surface area contributed by atoms with E-state index in [1.807, 2.05) is 6.92 Å². The van der Waals surface area contributed by atoms with Gasteiger partial charge in [0.15, 0.2) is 0 Å². The minimum absolute atomic E-state index is 0.276. The van der Waals surface area contributed by atoms with Crippen molar-refractivity contribution in [3.8, 4) is 0 Å². The molecule has 4 N–H and O–H groups in total. The number of anilines is 2. The van der Waals surface area contributed by atoms with Crippen LogP contribution < -0.4 is 16.0 Å². The van der Waals surface area contributed by atoms with Crippen LogP contribution in [0, 0.1) is 0 Å². The van der Waals surface area contributed by atoms with E-state index in [-0.39, 0.29) is 11.4 Å². The smallest absolute Gasteiger partial charge is 0.341 e. The van der Waals surface area contributed by atoms with Gasteiger partial charge in [0.2, 0.25) is 9.84 Å². The maximum absolute atomic E-state index is 12.8. The van der Waals surface area contributed by atoms with Crippen molar-refractivity contribution < 1.29 is 22.0 Å². The first-order chi connectivity index (χ1) is 13.8. The molecule has 1 aliphatic rings. The van der Waals surface area contributed by atoms with Gasteiger partial charge in [-0.2, -0.15) is 13.9 Å². The van der Waals surface area contributed by atoms with Crippen molar-refractivity contribution in [1.29, 1.82) is 0 Å². The number of aromatic amines is 1. The van der Waals surface area contributed by atoms with E-state index in [0.717, 1.165) is 44.5 Å². The molecule has 1 saturated heterocycles. The van der Waals surface area contributed by atoms with Gasteiger partial charge in [0.25, 0.3) is 5.91 Å². The third-order valence-electron chi connectivity index (χ3n) is 5.19. The van der Waals surface area contributed by atoms with Crippen molar-refractivity contribution in [3.63, 3.8) is 0 Å². The highest BCUT2D eigenvalue weighted by molar-refractivity contribution is 7.91. The number of amides is 1. The van der Waals surface area contributed by atoms with E-state index in [2.05, 4.69) is 26.1 Å². The summed E-state index contributed by atoms with van der Waals surface area (Å²) in [6.45, 7) is 3.70. The lowest BCUT2D eigenvalue weighted by Crippen LogP contribution is -2.54. The van der Waals surface area contributed by atoms with Crippen LogP contribution in [0.5, 0.6) is 0 Å². The Morgan fingerprint density at radius 1 is 1.24 bits per heavy atom. The lowest BCUT2D eigenvalue weighted by Gasteiger charge is -2.37. The summed E-state index contributed by atoms with van der Waals surface area (Å²) in [5, 5.41) is 15.9. The van der Waals surface area contributed by atoms with Gasteiger partial charge >= 0.3 is 5.76 Å². The SMILES string of the molecule is CCC1(NC(=O)c2cn[nH]c2Nc2ccc(S(=O)(=O)C(F)F)cc2)CCNCC1. The Morgan fingerprint density at radius 3 is 2.48 bits per heavy atom. The maximum atomic E-state index is 12.8. The van der Waals surface area contributed by atoms with Crippen LogP contribution in [0.1, 0.15) is 36.5 Å². The maximum Gasteiger partial charge on any atom is 0.341 e. The van der Waals surface area contributed by atoms with Crippen LogP contribution in [0.25, 0.3) is 0 Å². The number of alkyl halides is 2. The van der Waals surface area contributed by atoms with E-state index in [1.54, 1.807) is 0 Å². The minimum Gasteiger partial charge on any atom is -0.346 e. The molecular formula is C18H23F2N5O3S. The number of rotatable bonds is 7. The van der Waals surface area contributed by atoms with E-state index in [4.69, 9.17) is 0 Å². The minimum atomic E-state index is -4.65.